The number of amides is 1. The van der Waals surface area contributed by atoms with Gasteiger partial charge in [0.05, 0.1) is 0 Å². The van der Waals surface area contributed by atoms with Crippen LogP contribution in [0.5, 0.6) is 0 Å². The van der Waals surface area contributed by atoms with E-state index in [0.29, 0.717) is 6.04 Å². The lowest BCUT2D eigenvalue weighted by Gasteiger charge is -2.41. The first-order valence-corrected chi connectivity index (χ1v) is 9.08. The fourth-order valence-electron chi connectivity index (χ4n) is 4.17. The Kier molecular flexibility index (Phi) is 4.79. The highest BCUT2D eigenvalue weighted by molar-refractivity contribution is 5.86. The molecule has 1 amide bonds. The van der Waals surface area contributed by atoms with Crippen molar-refractivity contribution in [2.24, 2.45) is 0 Å². The summed E-state index contributed by atoms with van der Waals surface area (Å²) in [5.74, 6) is 0.284. The number of anilines is 2. The van der Waals surface area contributed by atoms with Crippen molar-refractivity contribution in [1.82, 2.24) is 4.90 Å². The van der Waals surface area contributed by atoms with Gasteiger partial charge in [-0.05, 0) is 63.1 Å². The van der Waals surface area contributed by atoms with Crippen molar-refractivity contribution >= 4 is 17.3 Å². The molecular formula is C19H29N3O. The highest BCUT2D eigenvalue weighted by atomic mass is 16.2. The fraction of sp³-hybridized carbons (Fsp3) is 0.632. The summed E-state index contributed by atoms with van der Waals surface area (Å²) in [7, 11) is 0. The molecule has 1 saturated heterocycles. The number of hydrogen-bond acceptors (Lipinski definition) is 3. The van der Waals surface area contributed by atoms with Crippen molar-refractivity contribution in [2.75, 3.05) is 23.7 Å². The van der Waals surface area contributed by atoms with Gasteiger partial charge >= 0.3 is 0 Å². The lowest BCUT2D eigenvalue weighted by atomic mass is 9.96. The maximum Gasteiger partial charge on any atom is 0.245 e. The standard InChI is InChI=1S/C19H29N3O/c1-3-15-8-4-5-12-22(15)19(23)14(2)21-13-7-9-16-17(20)10-6-11-18(16)21/h6,10-11,14-15H,3-5,7-9,12-13,20H2,1-2H3. The first-order valence-electron chi connectivity index (χ1n) is 9.08. The molecule has 2 atom stereocenters. The molecule has 2 aliphatic rings. The maximum atomic E-state index is 13.1. The summed E-state index contributed by atoms with van der Waals surface area (Å²) in [5.41, 5.74) is 9.37. The van der Waals surface area contributed by atoms with Crippen molar-refractivity contribution < 1.29 is 4.79 Å². The third-order valence-electron chi connectivity index (χ3n) is 5.53. The van der Waals surface area contributed by atoms with E-state index in [2.05, 4.69) is 29.7 Å². The predicted molar refractivity (Wildman–Crippen MR) is 95.6 cm³/mol. The van der Waals surface area contributed by atoms with Crippen LogP contribution < -0.4 is 10.6 Å². The molecule has 126 valence electrons. The van der Waals surface area contributed by atoms with Gasteiger partial charge in [-0.25, -0.2) is 0 Å². The minimum Gasteiger partial charge on any atom is -0.398 e. The molecule has 23 heavy (non-hydrogen) atoms. The summed E-state index contributed by atoms with van der Waals surface area (Å²) < 4.78 is 0. The van der Waals surface area contributed by atoms with Gasteiger partial charge in [0, 0.05) is 30.5 Å². The summed E-state index contributed by atoms with van der Waals surface area (Å²) in [6.07, 6.45) is 6.68. The van der Waals surface area contributed by atoms with Crippen LogP contribution in [0, 0.1) is 0 Å². The molecule has 0 spiro atoms. The summed E-state index contributed by atoms with van der Waals surface area (Å²) in [6, 6.07) is 6.39. The third kappa shape index (κ3) is 3.04. The molecule has 3 rings (SSSR count). The Balaban J connectivity index is 1.82. The number of likely N-dealkylation sites (tertiary alicyclic amines) is 1. The molecule has 0 aromatic heterocycles. The van der Waals surface area contributed by atoms with Crippen LogP contribution >= 0.6 is 0 Å². The zero-order valence-electron chi connectivity index (χ0n) is 14.4. The minimum absolute atomic E-state index is 0.108. The first kappa shape index (κ1) is 16.2. The number of nitrogen functional groups attached to an aromatic ring is 1. The van der Waals surface area contributed by atoms with Gasteiger partial charge in [0.15, 0.2) is 0 Å². The van der Waals surface area contributed by atoms with E-state index in [4.69, 9.17) is 5.73 Å². The Labute approximate surface area is 139 Å². The minimum atomic E-state index is -0.108. The first-order chi connectivity index (χ1) is 11.1. The number of benzene rings is 1. The Morgan fingerprint density at radius 2 is 2.13 bits per heavy atom. The van der Waals surface area contributed by atoms with Crippen molar-refractivity contribution in [2.45, 2.75) is 64.5 Å². The number of piperidine rings is 1. The number of fused-ring (bicyclic) bond motifs is 1. The van der Waals surface area contributed by atoms with E-state index in [1.54, 1.807) is 0 Å². The highest BCUT2D eigenvalue weighted by Gasteiger charge is 2.33. The molecule has 2 heterocycles. The van der Waals surface area contributed by atoms with Crippen LogP contribution in [-0.2, 0) is 11.2 Å². The van der Waals surface area contributed by atoms with Crippen molar-refractivity contribution in [3.05, 3.63) is 23.8 Å². The lowest BCUT2D eigenvalue weighted by Crippen LogP contribution is -2.53. The monoisotopic (exact) mass is 315 g/mol. The molecule has 0 saturated carbocycles. The highest BCUT2D eigenvalue weighted by Crippen LogP contribution is 2.33. The molecule has 4 heteroatoms. The quantitative estimate of drug-likeness (QED) is 0.872. The Bertz CT molecular complexity index is 572. The van der Waals surface area contributed by atoms with E-state index < -0.39 is 0 Å². The summed E-state index contributed by atoms with van der Waals surface area (Å²) in [5, 5.41) is 0. The maximum absolute atomic E-state index is 13.1. The Morgan fingerprint density at radius 3 is 2.91 bits per heavy atom. The SMILES string of the molecule is CCC1CCCCN1C(=O)C(C)N1CCCc2c(N)cccc21. The smallest absolute Gasteiger partial charge is 0.245 e. The van der Waals surface area contributed by atoms with Crippen LogP contribution in [0.3, 0.4) is 0 Å². The van der Waals surface area contributed by atoms with Gasteiger partial charge in [-0.1, -0.05) is 13.0 Å². The van der Waals surface area contributed by atoms with Gasteiger partial charge in [-0.15, -0.1) is 0 Å². The number of hydrogen-bond donors (Lipinski definition) is 1. The molecule has 2 aliphatic heterocycles. The largest absolute Gasteiger partial charge is 0.398 e. The van der Waals surface area contributed by atoms with Gasteiger partial charge in [0.25, 0.3) is 0 Å². The second-order valence-corrected chi connectivity index (χ2v) is 6.91. The van der Waals surface area contributed by atoms with E-state index in [0.717, 1.165) is 56.6 Å². The van der Waals surface area contributed by atoms with Crippen molar-refractivity contribution in [1.29, 1.82) is 0 Å². The third-order valence-corrected chi connectivity index (χ3v) is 5.53. The van der Waals surface area contributed by atoms with Crippen LogP contribution in [-0.4, -0.2) is 36.0 Å². The van der Waals surface area contributed by atoms with Crippen molar-refractivity contribution in [3.63, 3.8) is 0 Å². The molecule has 0 radical (unpaired) electrons. The molecule has 0 aliphatic carbocycles. The van der Waals surface area contributed by atoms with Crippen LogP contribution in [0.1, 0.15) is 51.5 Å². The average molecular weight is 315 g/mol. The van der Waals surface area contributed by atoms with Crippen LogP contribution in [0.25, 0.3) is 0 Å². The predicted octanol–water partition coefficient (Wildman–Crippen LogP) is 3.20. The second kappa shape index (κ2) is 6.81. The van der Waals surface area contributed by atoms with Crippen LogP contribution in [0.15, 0.2) is 18.2 Å². The Hall–Kier alpha value is -1.71. The molecule has 0 bridgehead atoms. The number of carbonyl (C=O) groups is 1. The normalized spacial score (nSPS) is 22.6. The van der Waals surface area contributed by atoms with Gasteiger partial charge in [-0.3, -0.25) is 4.79 Å². The van der Waals surface area contributed by atoms with Crippen molar-refractivity contribution in [3.8, 4) is 0 Å². The van der Waals surface area contributed by atoms with E-state index >= 15 is 0 Å². The molecule has 2 unspecified atom stereocenters. The van der Waals surface area contributed by atoms with Gasteiger partial charge in [0.2, 0.25) is 5.91 Å². The summed E-state index contributed by atoms with van der Waals surface area (Å²) >= 11 is 0. The number of nitrogens with zero attached hydrogens (tertiary/aromatic N) is 2. The summed E-state index contributed by atoms with van der Waals surface area (Å²) in [6.45, 7) is 6.10. The Morgan fingerprint density at radius 1 is 1.30 bits per heavy atom. The van der Waals surface area contributed by atoms with Crippen LogP contribution in [0.4, 0.5) is 11.4 Å². The molecular weight excluding hydrogens is 286 g/mol. The average Bonchev–Trinajstić information content (AvgIpc) is 2.60. The second-order valence-electron chi connectivity index (χ2n) is 6.91. The fourth-order valence-corrected chi connectivity index (χ4v) is 4.17. The van der Waals surface area contributed by atoms with Gasteiger partial charge in [-0.2, -0.15) is 0 Å². The number of nitrogens with two attached hydrogens (primary N) is 1. The lowest BCUT2D eigenvalue weighted by molar-refractivity contribution is -0.136. The van der Waals surface area contributed by atoms with E-state index in [1.165, 1.54) is 12.0 Å². The van der Waals surface area contributed by atoms with E-state index in [1.807, 2.05) is 12.1 Å². The van der Waals surface area contributed by atoms with E-state index in [-0.39, 0.29) is 11.9 Å². The van der Waals surface area contributed by atoms with E-state index in [9.17, 15) is 4.79 Å². The van der Waals surface area contributed by atoms with Gasteiger partial charge in [0.1, 0.15) is 6.04 Å². The number of rotatable bonds is 3. The zero-order valence-corrected chi connectivity index (χ0v) is 14.4. The molecule has 1 aromatic carbocycles. The van der Waals surface area contributed by atoms with Gasteiger partial charge < -0.3 is 15.5 Å². The molecule has 1 fully saturated rings. The van der Waals surface area contributed by atoms with Crippen LogP contribution in [0.2, 0.25) is 0 Å². The zero-order chi connectivity index (χ0) is 16.4. The topological polar surface area (TPSA) is 49.6 Å². The molecule has 4 nitrogen and oxygen atoms in total. The molecule has 2 N–H and O–H groups in total. The number of carbonyl (C=O) groups excluding carboxylic acids is 1. The molecule has 1 aromatic rings. The summed E-state index contributed by atoms with van der Waals surface area (Å²) in [4.78, 5) is 17.5.